The molecule has 1 fully saturated rings. The van der Waals surface area contributed by atoms with Gasteiger partial charge in [-0.2, -0.15) is 0 Å². The molecule has 1 aliphatic heterocycles. The number of carbonyl (C=O) groups excluding carboxylic acids is 1. The van der Waals surface area contributed by atoms with Crippen molar-refractivity contribution in [3.63, 3.8) is 0 Å². The second-order valence-electron chi connectivity index (χ2n) is 5.67. The summed E-state index contributed by atoms with van der Waals surface area (Å²) in [6, 6.07) is 7.66. The lowest BCUT2D eigenvalue weighted by atomic mass is 10.0. The third-order valence-electron chi connectivity index (χ3n) is 4.35. The fourth-order valence-electron chi connectivity index (χ4n) is 3.13. The Bertz CT molecular complexity index is 497. The monoisotopic (exact) mass is 319 g/mol. The van der Waals surface area contributed by atoms with Crippen LogP contribution in [0, 0.1) is 0 Å². The SMILES string of the molecule is CCOc1ccccc1C(C(=O)N1CCNCC1)N(CC)CC. The molecule has 0 aliphatic carbocycles. The molecule has 0 aromatic heterocycles. The Morgan fingerprint density at radius 2 is 1.87 bits per heavy atom. The molecule has 1 aliphatic rings. The molecule has 128 valence electrons. The van der Waals surface area contributed by atoms with Crippen molar-refractivity contribution < 1.29 is 9.53 Å². The van der Waals surface area contributed by atoms with Crippen molar-refractivity contribution in [1.29, 1.82) is 0 Å². The van der Waals surface area contributed by atoms with Gasteiger partial charge in [0.2, 0.25) is 5.91 Å². The first-order valence-corrected chi connectivity index (χ1v) is 8.68. The van der Waals surface area contributed by atoms with Crippen LogP contribution in [0.2, 0.25) is 0 Å². The molecule has 2 rings (SSSR count). The maximum absolute atomic E-state index is 13.2. The predicted octanol–water partition coefficient (Wildman–Crippen LogP) is 1.90. The number of para-hydroxylation sites is 1. The van der Waals surface area contributed by atoms with Crippen LogP contribution in [0.3, 0.4) is 0 Å². The summed E-state index contributed by atoms with van der Waals surface area (Å²) in [5, 5.41) is 3.30. The fourth-order valence-corrected chi connectivity index (χ4v) is 3.13. The van der Waals surface area contributed by atoms with Crippen LogP contribution in [0.5, 0.6) is 5.75 Å². The van der Waals surface area contributed by atoms with Gasteiger partial charge in [-0.3, -0.25) is 9.69 Å². The summed E-state index contributed by atoms with van der Waals surface area (Å²) in [6.07, 6.45) is 0. The molecule has 1 N–H and O–H groups in total. The number of amides is 1. The van der Waals surface area contributed by atoms with Gasteiger partial charge in [0, 0.05) is 31.7 Å². The molecule has 1 unspecified atom stereocenters. The van der Waals surface area contributed by atoms with E-state index in [1.165, 1.54) is 0 Å². The van der Waals surface area contributed by atoms with Crippen molar-refractivity contribution in [2.75, 3.05) is 45.9 Å². The maximum Gasteiger partial charge on any atom is 0.244 e. The highest BCUT2D eigenvalue weighted by molar-refractivity contribution is 5.84. The molecule has 0 spiro atoms. The minimum absolute atomic E-state index is 0.183. The van der Waals surface area contributed by atoms with Gasteiger partial charge in [0.25, 0.3) is 0 Å². The Balaban J connectivity index is 2.35. The molecule has 0 bridgehead atoms. The first kappa shape index (κ1) is 17.8. The Labute approximate surface area is 139 Å². The number of hydrogen-bond donors (Lipinski definition) is 1. The minimum atomic E-state index is -0.272. The number of carbonyl (C=O) groups is 1. The number of nitrogens with zero attached hydrogens (tertiary/aromatic N) is 2. The van der Waals surface area contributed by atoms with Crippen LogP contribution in [0.25, 0.3) is 0 Å². The molecular formula is C18H29N3O2. The Morgan fingerprint density at radius 1 is 1.22 bits per heavy atom. The van der Waals surface area contributed by atoms with Gasteiger partial charge in [0.1, 0.15) is 11.8 Å². The number of hydrogen-bond acceptors (Lipinski definition) is 4. The molecule has 1 atom stereocenters. The second kappa shape index (κ2) is 8.89. The normalized spacial score (nSPS) is 16.4. The van der Waals surface area contributed by atoms with E-state index in [-0.39, 0.29) is 11.9 Å². The quantitative estimate of drug-likeness (QED) is 0.834. The van der Waals surface area contributed by atoms with Gasteiger partial charge < -0.3 is 15.0 Å². The van der Waals surface area contributed by atoms with E-state index in [0.717, 1.165) is 50.6 Å². The highest BCUT2D eigenvalue weighted by Gasteiger charge is 2.32. The van der Waals surface area contributed by atoms with Gasteiger partial charge >= 0.3 is 0 Å². The zero-order chi connectivity index (χ0) is 16.7. The lowest BCUT2D eigenvalue weighted by molar-refractivity contribution is -0.137. The Hall–Kier alpha value is -1.59. The average molecular weight is 319 g/mol. The number of nitrogens with one attached hydrogen (secondary N) is 1. The number of benzene rings is 1. The van der Waals surface area contributed by atoms with Crippen molar-refractivity contribution in [3.05, 3.63) is 29.8 Å². The topological polar surface area (TPSA) is 44.8 Å². The van der Waals surface area contributed by atoms with E-state index < -0.39 is 0 Å². The Kier molecular flexibility index (Phi) is 6.86. The van der Waals surface area contributed by atoms with Crippen molar-refractivity contribution in [2.24, 2.45) is 0 Å². The smallest absolute Gasteiger partial charge is 0.244 e. The standard InChI is InChI=1S/C18H29N3O2/c1-4-20(5-2)17(18(22)21-13-11-19-12-14-21)15-9-7-8-10-16(15)23-6-3/h7-10,17,19H,4-6,11-14H2,1-3H3. The minimum Gasteiger partial charge on any atom is -0.494 e. The van der Waals surface area contributed by atoms with Crippen molar-refractivity contribution in [3.8, 4) is 5.75 Å². The third kappa shape index (κ3) is 4.24. The number of ether oxygens (including phenoxy) is 1. The summed E-state index contributed by atoms with van der Waals surface area (Å²) in [5.74, 6) is 0.998. The maximum atomic E-state index is 13.2. The molecule has 5 heteroatoms. The Morgan fingerprint density at radius 3 is 2.48 bits per heavy atom. The molecule has 1 saturated heterocycles. The fraction of sp³-hybridized carbons (Fsp3) is 0.611. The first-order chi connectivity index (χ1) is 11.2. The van der Waals surface area contributed by atoms with Crippen LogP contribution in [0.1, 0.15) is 32.4 Å². The average Bonchev–Trinajstić information content (AvgIpc) is 2.61. The third-order valence-corrected chi connectivity index (χ3v) is 4.35. The largest absolute Gasteiger partial charge is 0.494 e. The van der Waals surface area contributed by atoms with E-state index in [2.05, 4.69) is 24.1 Å². The van der Waals surface area contributed by atoms with Crippen LogP contribution in [0.15, 0.2) is 24.3 Å². The van der Waals surface area contributed by atoms with Gasteiger partial charge in [-0.1, -0.05) is 32.0 Å². The lowest BCUT2D eigenvalue weighted by Gasteiger charge is -2.36. The number of rotatable bonds is 7. The molecule has 1 amide bonds. The number of likely N-dealkylation sites (N-methyl/N-ethyl adjacent to an activating group) is 1. The van der Waals surface area contributed by atoms with E-state index in [9.17, 15) is 4.79 Å². The van der Waals surface area contributed by atoms with Crippen molar-refractivity contribution in [1.82, 2.24) is 15.1 Å². The molecule has 1 heterocycles. The van der Waals surface area contributed by atoms with Crippen LogP contribution in [-0.4, -0.2) is 61.6 Å². The van der Waals surface area contributed by atoms with Crippen LogP contribution in [-0.2, 0) is 4.79 Å². The number of piperazine rings is 1. The van der Waals surface area contributed by atoms with Crippen LogP contribution < -0.4 is 10.1 Å². The van der Waals surface area contributed by atoms with Gasteiger partial charge in [0.15, 0.2) is 0 Å². The molecule has 5 nitrogen and oxygen atoms in total. The van der Waals surface area contributed by atoms with E-state index in [4.69, 9.17) is 4.74 Å². The van der Waals surface area contributed by atoms with Crippen LogP contribution in [0.4, 0.5) is 0 Å². The summed E-state index contributed by atoms with van der Waals surface area (Å²) >= 11 is 0. The highest BCUT2D eigenvalue weighted by atomic mass is 16.5. The van der Waals surface area contributed by atoms with Crippen LogP contribution >= 0.6 is 0 Å². The molecule has 0 saturated carbocycles. The first-order valence-electron chi connectivity index (χ1n) is 8.68. The molecule has 0 radical (unpaired) electrons. The molecular weight excluding hydrogens is 290 g/mol. The molecule has 1 aromatic rings. The lowest BCUT2D eigenvalue weighted by Crippen LogP contribution is -2.50. The summed E-state index contributed by atoms with van der Waals surface area (Å²) in [7, 11) is 0. The van der Waals surface area contributed by atoms with E-state index in [1.54, 1.807) is 0 Å². The van der Waals surface area contributed by atoms with Crippen molar-refractivity contribution in [2.45, 2.75) is 26.8 Å². The van der Waals surface area contributed by atoms with Gasteiger partial charge in [0.05, 0.1) is 6.61 Å². The van der Waals surface area contributed by atoms with Gasteiger partial charge in [-0.15, -0.1) is 0 Å². The summed E-state index contributed by atoms with van der Waals surface area (Å²) in [5.41, 5.74) is 0.974. The van der Waals surface area contributed by atoms with Gasteiger partial charge in [-0.05, 0) is 26.1 Å². The summed E-state index contributed by atoms with van der Waals surface area (Å²) < 4.78 is 5.78. The summed E-state index contributed by atoms with van der Waals surface area (Å²) in [6.45, 7) is 11.7. The van der Waals surface area contributed by atoms with E-state index in [1.807, 2.05) is 36.1 Å². The zero-order valence-corrected chi connectivity index (χ0v) is 14.5. The van der Waals surface area contributed by atoms with E-state index in [0.29, 0.717) is 6.61 Å². The van der Waals surface area contributed by atoms with E-state index >= 15 is 0 Å². The summed E-state index contributed by atoms with van der Waals surface area (Å²) in [4.78, 5) is 17.4. The van der Waals surface area contributed by atoms with Gasteiger partial charge in [-0.25, -0.2) is 0 Å². The highest BCUT2D eigenvalue weighted by Crippen LogP contribution is 2.31. The zero-order valence-electron chi connectivity index (χ0n) is 14.5. The molecule has 1 aromatic carbocycles. The van der Waals surface area contributed by atoms with Crippen molar-refractivity contribution >= 4 is 5.91 Å². The predicted molar refractivity (Wildman–Crippen MR) is 92.7 cm³/mol. The molecule has 23 heavy (non-hydrogen) atoms. The second-order valence-corrected chi connectivity index (χ2v) is 5.67.